The van der Waals surface area contributed by atoms with Crippen molar-refractivity contribution < 1.29 is 9.53 Å². The average molecular weight is 193 g/mol. The molecular weight excluding hydrogens is 178 g/mol. The van der Waals surface area contributed by atoms with Crippen molar-refractivity contribution in [3.05, 3.63) is 30.3 Å². The van der Waals surface area contributed by atoms with Gasteiger partial charge in [0.25, 0.3) is 0 Å². The molecule has 0 saturated heterocycles. The number of anilines is 1. The van der Waals surface area contributed by atoms with Crippen LogP contribution in [-0.2, 0) is 9.53 Å². The molecule has 1 aromatic carbocycles. The molecule has 0 aliphatic heterocycles. The second-order valence-corrected chi connectivity index (χ2v) is 3.16. The number of rotatable bonds is 3. The van der Waals surface area contributed by atoms with Gasteiger partial charge in [-0.1, -0.05) is 18.2 Å². The molecule has 3 heteroatoms. The standard InChI is InChI=1S/C11H15NO2/c1-9(14-10(2)13)12(3)11-7-5-4-6-8-11/h4-9H,1-3H3. The lowest BCUT2D eigenvalue weighted by Crippen LogP contribution is -2.32. The zero-order chi connectivity index (χ0) is 10.6. The van der Waals surface area contributed by atoms with Crippen molar-refractivity contribution in [1.29, 1.82) is 0 Å². The Morgan fingerprint density at radius 2 is 1.93 bits per heavy atom. The maximum absolute atomic E-state index is 10.7. The summed E-state index contributed by atoms with van der Waals surface area (Å²) in [7, 11) is 1.89. The molecule has 0 radical (unpaired) electrons. The second-order valence-electron chi connectivity index (χ2n) is 3.16. The van der Waals surface area contributed by atoms with Crippen LogP contribution in [0.5, 0.6) is 0 Å². The number of benzene rings is 1. The maximum atomic E-state index is 10.7. The van der Waals surface area contributed by atoms with Crippen LogP contribution in [0.4, 0.5) is 5.69 Å². The minimum atomic E-state index is -0.264. The van der Waals surface area contributed by atoms with Gasteiger partial charge in [0.1, 0.15) is 0 Å². The van der Waals surface area contributed by atoms with Crippen molar-refractivity contribution in [2.45, 2.75) is 20.1 Å². The monoisotopic (exact) mass is 193 g/mol. The lowest BCUT2D eigenvalue weighted by Gasteiger charge is -2.25. The highest BCUT2D eigenvalue weighted by Crippen LogP contribution is 2.14. The lowest BCUT2D eigenvalue weighted by atomic mass is 10.3. The topological polar surface area (TPSA) is 29.5 Å². The molecule has 0 spiro atoms. The highest BCUT2D eigenvalue weighted by molar-refractivity contribution is 5.66. The first-order chi connectivity index (χ1) is 6.61. The summed E-state index contributed by atoms with van der Waals surface area (Å²) in [5, 5.41) is 0. The van der Waals surface area contributed by atoms with Gasteiger partial charge in [0.2, 0.25) is 0 Å². The van der Waals surface area contributed by atoms with Gasteiger partial charge >= 0.3 is 5.97 Å². The van der Waals surface area contributed by atoms with Crippen LogP contribution in [0.1, 0.15) is 13.8 Å². The van der Waals surface area contributed by atoms with Gasteiger partial charge < -0.3 is 9.64 Å². The van der Waals surface area contributed by atoms with Gasteiger partial charge in [-0.25, -0.2) is 0 Å². The van der Waals surface area contributed by atoms with E-state index in [1.807, 2.05) is 49.2 Å². The van der Waals surface area contributed by atoms with Crippen LogP contribution in [0.15, 0.2) is 30.3 Å². The molecule has 0 amide bonds. The molecule has 1 unspecified atom stereocenters. The van der Waals surface area contributed by atoms with Crippen LogP contribution in [0.2, 0.25) is 0 Å². The van der Waals surface area contributed by atoms with Gasteiger partial charge in [-0.2, -0.15) is 0 Å². The summed E-state index contributed by atoms with van der Waals surface area (Å²) in [4.78, 5) is 12.6. The summed E-state index contributed by atoms with van der Waals surface area (Å²) in [5.74, 6) is -0.264. The van der Waals surface area contributed by atoms with E-state index in [0.717, 1.165) is 5.69 Å². The molecule has 0 saturated carbocycles. The Morgan fingerprint density at radius 3 is 2.43 bits per heavy atom. The number of carbonyl (C=O) groups excluding carboxylic acids is 1. The van der Waals surface area contributed by atoms with Crippen LogP contribution < -0.4 is 4.90 Å². The number of esters is 1. The molecule has 0 aliphatic rings. The molecule has 1 aromatic rings. The minimum Gasteiger partial charge on any atom is -0.442 e. The third-order valence-corrected chi connectivity index (χ3v) is 2.05. The van der Waals surface area contributed by atoms with Crippen LogP contribution >= 0.6 is 0 Å². The fraction of sp³-hybridized carbons (Fsp3) is 0.364. The van der Waals surface area contributed by atoms with Gasteiger partial charge in [-0.05, 0) is 19.1 Å². The van der Waals surface area contributed by atoms with E-state index in [0.29, 0.717) is 0 Å². The Balaban J connectivity index is 2.65. The van der Waals surface area contributed by atoms with E-state index in [1.54, 1.807) is 0 Å². The predicted molar refractivity (Wildman–Crippen MR) is 56.1 cm³/mol. The van der Waals surface area contributed by atoms with Crippen molar-refractivity contribution in [2.75, 3.05) is 11.9 Å². The molecule has 0 aliphatic carbocycles. The van der Waals surface area contributed by atoms with E-state index >= 15 is 0 Å². The first kappa shape index (κ1) is 10.6. The van der Waals surface area contributed by atoms with Crippen molar-refractivity contribution >= 4 is 11.7 Å². The molecule has 0 heterocycles. The highest BCUT2D eigenvalue weighted by atomic mass is 16.6. The quantitative estimate of drug-likeness (QED) is 0.543. The fourth-order valence-electron chi connectivity index (χ4n) is 1.19. The second kappa shape index (κ2) is 4.65. The van der Waals surface area contributed by atoms with Gasteiger partial charge in [0.15, 0.2) is 6.23 Å². The molecule has 0 fully saturated rings. The van der Waals surface area contributed by atoms with E-state index in [2.05, 4.69) is 0 Å². The van der Waals surface area contributed by atoms with Crippen molar-refractivity contribution in [1.82, 2.24) is 0 Å². The molecule has 1 atom stereocenters. The Kier molecular flexibility index (Phi) is 3.51. The third kappa shape index (κ3) is 2.76. The van der Waals surface area contributed by atoms with Crippen LogP contribution in [0, 0.1) is 0 Å². The zero-order valence-electron chi connectivity index (χ0n) is 8.73. The summed E-state index contributed by atoms with van der Waals surface area (Å²) >= 11 is 0. The van der Waals surface area contributed by atoms with E-state index in [9.17, 15) is 4.79 Å². The van der Waals surface area contributed by atoms with E-state index < -0.39 is 0 Å². The number of hydrogen-bond acceptors (Lipinski definition) is 3. The first-order valence-electron chi connectivity index (χ1n) is 4.56. The number of hydrogen-bond donors (Lipinski definition) is 0. The summed E-state index contributed by atoms with van der Waals surface area (Å²) in [6.45, 7) is 3.25. The molecular formula is C11H15NO2. The molecule has 3 nitrogen and oxygen atoms in total. The number of nitrogens with zero attached hydrogens (tertiary/aromatic N) is 1. The van der Waals surface area contributed by atoms with Crippen LogP contribution in [-0.4, -0.2) is 19.2 Å². The predicted octanol–water partition coefficient (Wildman–Crippen LogP) is 2.03. The molecule has 0 N–H and O–H groups in total. The molecule has 1 rings (SSSR count). The van der Waals surface area contributed by atoms with Gasteiger partial charge in [-0.3, -0.25) is 4.79 Å². The van der Waals surface area contributed by atoms with Crippen LogP contribution in [0.3, 0.4) is 0 Å². The third-order valence-electron chi connectivity index (χ3n) is 2.05. The van der Waals surface area contributed by atoms with Crippen molar-refractivity contribution in [2.24, 2.45) is 0 Å². The van der Waals surface area contributed by atoms with Crippen molar-refractivity contribution in [3.8, 4) is 0 Å². The highest BCUT2D eigenvalue weighted by Gasteiger charge is 2.11. The normalized spacial score (nSPS) is 11.9. The molecule has 0 aromatic heterocycles. The van der Waals surface area contributed by atoms with E-state index in [-0.39, 0.29) is 12.2 Å². The number of para-hydroxylation sites is 1. The zero-order valence-corrected chi connectivity index (χ0v) is 8.73. The first-order valence-corrected chi connectivity index (χ1v) is 4.56. The fourth-order valence-corrected chi connectivity index (χ4v) is 1.19. The molecule has 76 valence electrons. The van der Waals surface area contributed by atoms with Crippen LogP contribution in [0.25, 0.3) is 0 Å². The summed E-state index contributed by atoms with van der Waals surface area (Å²) < 4.78 is 5.05. The van der Waals surface area contributed by atoms with Gasteiger partial charge in [0.05, 0.1) is 0 Å². The lowest BCUT2D eigenvalue weighted by molar-refractivity contribution is -0.145. The van der Waals surface area contributed by atoms with E-state index in [4.69, 9.17) is 4.74 Å². The number of ether oxygens (including phenoxy) is 1. The summed E-state index contributed by atoms with van der Waals surface area (Å²) in [6.07, 6.45) is -0.241. The Hall–Kier alpha value is -1.51. The minimum absolute atomic E-state index is 0.241. The van der Waals surface area contributed by atoms with Gasteiger partial charge in [0, 0.05) is 19.7 Å². The van der Waals surface area contributed by atoms with E-state index in [1.165, 1.54) is 6.92 Å². The SMILES string of the molecule is CC(=O)OC(C)N(C)c1ccccc1. The smallest absolute Gasteiger partial charge is 0.304 e. The van der Waals surface area contributed by atoms with Gasteiger partial charge in [-0.15, -0.1) is 0 Å². The Morgan fingerprint density at radius 1 is 1.36 bits per heavy atom. The average Bonchev–Trinajstić information content (AvgIpc) is 2.17. The Bertz CT molecular complexity index is 297. The van der Waals surface area contributed by atoms with Crippen molar-refractivity contribution in [3.63, 3.8) is 0 Å². The summed E-state index contributed by atoms with van der Waals surface area (Å²) in [6, 6.07) is 9.80. The largest absolute Gasteiger partial charge is 0.442 e. The summed E-state index contributed by atoms with van der Waals surface area (Å²) in [5.41, 5.74) is 1.03. The molecule has 14 heavy (non-hydrogen) atoms. The molecule has 0 bridgehead atoms. The number of carbonyl (C=O) groups is 1. The Labute approximate surface area is 84.3 Å². The maximum Gasteiger partial charge on any atom is 0.304 e.